The van der Waals surface area contributed by atoms with Crippen LogP contribution in [0.15, 0.2) is 42.0 Å². The van der Waals surface area contributed by atoms with Crippen molar-refractivity contribution in [2.45, 2.75) is 46.0 Å². The van der Waals surface area contributed by atoms with Gasteiger partial charge in [-0.3, -0.25) is 9.59 Å². The number of benzene rings is 2. The number of Topliss-reactive ketones (excluding diaryl/α,β-unsaturated/α-hetero) is 1. The Balaban J connectivity index is 2.24. The minimum atomic E-state index is -0.0949. The van der Waals surface area contributed by atoms with Gasteiger partial charge >= 0.3 is 0 Å². The van der Waals surface area contributed by atoms with Gasteiger partial charge in [-0.05, 0) is 37.0 Å². The van der Waals surface area contributed by atoms with Crippen LogP contribution in [0.25, 0.3) is 6.08 Å². The lowest BCUT2D eigenvalue weighted by molar-refractivity contribution is -0.120. The van der Waals surface area contributed by atoms with Crippen LogP contribution in [-0.4, -0.2) is 26.5 Å². The van der Waals surface area contributed by atoms with Crippen LogP contribution in [0.4, 0.5) is 0 Å². The molecule has 0 bridgehead atoms. The van der Waals surface area contributed by atoms with Gasteiger partial charge in [-0.2, -0.15) is 0 Å². The van der Waals surface area contributed by atoms with E-state index in [0.717, 1.165) is 12.8 Å². The van der Waals surface area contributed by atoms with Gasteiger partial charge in [0.05, 0.1) is 19.8 Å². The molecule has 5 nitrogen and oxygen atoms in total. The van der Waals surface area contributed by atoms with Crippen LogP contribution in [0.2, 0.25) is 0 Å². The van der Waals surface area contributed by atoms with E-state index in [1.807, 2.05) is 24.3 Å². The monoisotopic (exact) mass is 410 g/mol. The quantitative estimate of drug-likeness (QED) is 0.196. The van der Waals surface area contributed by atoms with Crippen LogP contribution in [0, 0.1) is 0 Å². The van der Waals surface area contributed by atoms with Gasteiger partial charge in [0, 0.05) is 17.7 Å². The topological polar surface area (TPSA) is 61.8 Å². The summed E-state index contributed by atoms with van der Waals surface area (Å²) >= 11 is 0. The molecule has 0 aliphatic carbocycles. The van der Waals surface area contributed by atoms with E-state index in [1.165, 1.54) is 39.0 Å². The van der Waals surface area contributed by atoms with Crippen molar-refractivity contribution in [2.75, 3.05) is 14.2 Å². The van der Waals surface area contributed by atoms with Crippen molar-refractivity contribution in [3.05, 3.63) is 58.7 Å². The zero-order valence-electron chi connectivity index (χ0n) is 18.2. The molecule has 0 spiro atoms. The molecule has 0 fully saturated rings. The molecule has 5 heteroatoms. The summed E-state index contributed by atoms with van der Waals surface area (Å²) < 4.78 is 15.7. The fourth-order valence-corrected chi connectivity index (χ4v) is 3.24. The summed E-state index contributed by atoms with van der Waals surface area (Å²) in [6.07, 6.45) is 7.56. The Kier molecular flexibility index (Phi) is 9.13. The molecule has 0 heterocycles. The van der Waals surface area contributed by atoms with Crippen molar-refractivity contribution < 1.29 is 23.8 Å². The molecule has 0 saturated heterocycles. The van der Waals surface area contributed by atoms with Gasteiger partial charge in [0.2, 0.25) is 0 Å². The van der Waals surface area contributed by atoms with E-state index in [0.29, 0.717) is 34.7 Å². The fourth-order valence-electron chi connectivity index (χ4n) is 3.24. The van der Waals surface area contributed by atoms with Crippen molar-refractivity contribution >= 4 is 18.3 Å². The third-order valence-corrected chi connectivity index (χ3v) is 4.96. The Morgan fingerprint density at radius 3 is 2.27 bits per heavy atom. The maximum atomic E-state index is 12.9. The number of hydrogen-bond acceptors (Lipinski definition) is 5. The predicted molar refractivity (Wildman–Crippen MR) is 119 cm³/mol. The first-order valence-electron chi connectivity index (χ1n) is 10.2. The van der Waals surface area contributed by atoms with Gasteiger partial charge < -0.3 is 14.2 Å². The first-order chi connectivity index (χ1) is 14.5. The Morgan fingerprint density at radius 1 is 0.967 bits per heavy atom. The summed E-state index contributed by atoms with van der Waals surface area (Å²) in [6.45, 7) is 4.27. The number of hydrogen-bond donors (Lipinski definition) is 0. The normalized spacial score (nSPS) is 11.1. The maximum Gasteiger partial charge on any atom is 0.298 e. The van der Waals surface area contributed by atoms with E-state index in [4.69, 9.17) is 14.2 Å². The lowest BCUT2D eigenvalue weighted by atomic mass is 9.99. The van der Waals surface area contributed by atoms with E-state index >= 15 is 0 Å². The summed E-state index contributed by atoms with van der Waals surface area (Å²) in [5, 5.41) is 0. The van der Waals surface area contributed by atoms with Crippen molar-refractivity contribution in [1.29, 1.82) is 0 Å². The zero-order chi connectivity index (χ0) is 21.9. The molecule has 2 aromatic carbocycles. The van der Waals surface area contributed by atoms with Gasteiger partial charge in [-0.25, -0.2) is 0 Å². The highest BCUT2D eigenvalue weighted by Gasteiger charge is 2.15. The molecule has 0 saturated carbocycles. The number of aryl methyl sites for hydroxylation is 1. The minimum Gasteiger partial charge on any atom is -0.496 e. The molecule has 0 radical (unpaired) electrons. The van der Waals surface area contributed by atoms with E-state index in [1.54, 1.807) is 25.1 Å². The highest BCUT2D eigenvalue weighted by Crippen LogP contribution is 2.36. The van der Waals surface area contributed by atoms with Gasteiger partial charge in [-0.1, -0.05) is 50.5 Å². The van der Waals surface area contributed by atoms with Crippen LogP contribution >= 0.6 is 0 Å². The van der Waals surface area contributed by atoms with Crippen LogP contribution < -0.4 is 14.2 Å². The number of ketones is 1. The van der Waals surface area contributed by atoms with Crippen molar-refractivity contribution in [3.8, 4) is 17.2 Å². The van der Waals surface area contributed by atoms with Gasteiger partial charge in [-0.15, -0.1) is 0 Å². The summed E-state index contributed by atoms with van der Waals surface area (Å²) in [5.41, 5.74) is 2.86. The third kappa shape index (κ3) is 6.21. The largest absolute Gasteiger partial charge is 0.496 e. The highest BCUT2D eigenvalue weighted by molar-refractivity contribution is 6.11. The number of unbranched alkanes of at least 4 members (excludes halogenated alkanes) is 3. The van der Waals surface area contributed by atoms with Crippen LogP contribution in [-0.2, 0) is 11.2 Å². The Morgan fingerprint density at radius 2 is 1.67 bits per heavy atom. The standard InChI is InChI=1S/C25H30O5/c1-5-6-7-8-9-19-10-12-20(13-11-19)25(27)18(2)14-22-23(29-4)15-21(28-3)16-24(22)30-17-26/h10-17H,5-9H2,1-4H3/b18-14+. The summed E-state index contributed by atoms with van der Waals surface area (Å²) in [7, 11) is 3.02. The van der Waals surface area contributed by atoms with Gasteiger partial charge in [0.25, 0.3) is 6.47 Å². The second-order valence-corrected chi connectivity index (χ2v) is 7.12. The van der Waals surface area contributed by atoms with Crippen molar-refractivity contribution in [3.63, 3.8) is 0 Å². The molecule has 0 atom stereocenters. The molecule has 0 N–H and O–H groups in total. The lowest BCUT2D eigenvalue weighted by Gasteiger charge is -2.13. The average Bonchev–Trinajstić information content (AvgIpc) is 2.77. The molecule has 2 rings (SSSR count). The number of methoxy groups -OCH3 is 2. The van der Waals surface area contributed by atoms with E-state index < -0.39 is 0 Å². The number of allylic oxidation sites excluding steroid dienone is 1. The van der Waals surface area contributed by atoms with E-state index in [-0.39, 0.29) is 11.5 Å². The molecule has 0 aliphatic heterocycles. The molecule has 2 aromatic rings. The molecule has 0 amide bonds. The van der Waals surface area contributed by atoms with Crippen molar-refractivity contribution in [1.82, 2.24) is 0 Å². The molecule has 0 aliphatic rings. The van der Waals surface area contributed by atoms with Crippen LogP contribution in [0.3, 0.4) is 0 Å². The minimum absolute atomic E-state index is 0.0949. The molecular formula is C25H30O5. The summed E-state index contributed by atoms with van der Waals surface area (Å²) in [4.78, 5) is 23.8. The van der Waals surface area contributed by atoms with Crippen molar-refractivity contribution in [2.24, 2.45) is 0 Å². The number of ether oxygens (including phenoxy) is 3. The second-order valence-electron chi connectivity index (χ2n) is 7.12. The Labute approximate surface area is 178 Å². The van der Waals surface area contributed by atoms with Crippen LogP contribution in [0.1, 0.15) is 61.0 Å². The van der Waals surface area contributed by atoms with E-state index in [2.05, 4.69) is 6.92 Å². The Bertz CT molecular complexity index is 881. The van der Waals surface area contributed by atoms with E-state index in [9.17, 15) is 9.59 Å². The third-order valence-electron chi connectivity index (χ3n) is 4.96. The van der Waals surface area contributed by atoms with Gasteiger partial charge in [0.1, 0.15) is 17.2 Å². The molecular weight excluding hydrogens is 380 g/mol. The molecule has 160 valence electrons. The summed E-state index contributed by atoms with van der Waals surface area (Å²) in [6, 6.07) is 11.0. The average molecular weight is 411 g/mol. The fraction of sp³-hybridized carbons (Fsp3) is 0.360. The first kappa shape index (κ1) is 23.2. The summed E-state index contributed by atoms with van der Waals surface area (Å²) in [5.74, 6) is 1.10. The van der Waals surface area contributed by atoms with Gasteiger partial charge in [0.15, 0.2) is 5.78 Å². The Hall–Kier alpha value is -3.08. The molecule has 0 unspecified atom stereocenters. The SMILES string of the molecule is CCCCCCc1ccc(C(=O)/C(C)=C/c2c(OC)cc(OC)cc2OC=O)cc1. The number of rotatable bonds is 12. The number of carbonyl (C=O) groups excluding carboxylic acids is 2. The molecule has 30 heavy (non-hydrogen) atoms. The maximum absolute atomic E-state index is 12.9. The number of carbonyl (C=O) groups is 2. The smallest absolute Gasteiger partial charge is 0.298 e. The second kappa shape index (κ2) is 11.8. The first-order valence-corrected chi connectivity index (χ1v) is 10.2. The highest BCUT2D eigenvalue weighted by atomic mass is 16.5. The zero-order valence-corrected chi connectivity index (χ0v) is 18.2. The lowest BCUT2D eigenvalue weighted by Crippen LogP contribution is -2.02. The predicted octanol–water partition coefficient (Wildman–Crippen LogP) is 5.65. The molecule has 0 aromatic heterocycles. The van der Waals surface area contributed by atoms with Crippen LogP contribution in [0.5, 0.6) is 17.2 Å².